The standard InChI is InChI=1S/C17H20FNS/c1-12-8-9-14(10-15(12)18)16(19-3)11-20-17-7-5-4-6-13(17)2/h4-10,16,19H,11H2,1-3H3. The summed E-state index contributed by atoms with van der Waals surface area (Å²) in [7, 11) is 1.92. The summed E-state index contributed by atoms with van der Waals surface area (Å²) < 4.78 is 13.7. The van der Waals surface area contributed by atoms with E-state index in [0.29, 0.717) is 5.56 Å². The third-order valence-corrected chi connectivity index (χ3v) is 4.71. The lowest BCUT2D eigenvalue weighted by molar-refractivity contribution is 0.603. The van der Waals surface area contributed by atoms with Crippen LogP contribution < -0.4 is 5.32 Å². The topological polar surface area (TPSA) is 12.0 Å². The molecule has 0 aliphatic rings. The maximum atomic E-state index is 13.7. The van der Waals surface area contributed by atoms with Crippen LogP contribution in [0, 0.1) is 19.7 Å². The Bertz CT molecular complexity index is 583. The van der Waals surface area contributed by atoms with Gasteiger partial charge in [0, 0.05) is 16.7 Å². The van der Waals surface area contributed by atoms with E-state index in [9.17, 15) is 4.39 Å². The highest BCUT2D eigenvalue weighted by Crippen LogP contribution is 2.27. The van der Waals surface area contributed by atoms with Gasteiger partial charge in [-0.1, -0.05) is 30.3 Å². The zero-order valence-electron chi connectivity index (χ0n) is 12.1. The SMILES string of the molecule is CNC(CSc1ccccc1C)c1ccc(C)c(F)c1. The van der Waals surface area contributed by atoms with Crippen LogP contribution in [-0.4, -0.2) is 12.8 Å². The van der Waals surface area contributed by atoms with Crippen molar-refractivity contribution in [2.24, 2.45) is 0 Å². The second kappa shape index (κ2) is 6.91. The van der Waals surface area contributed by atoms with Crippen LogP contribution in [0.5, 0.6) is 0 Å². The quantitative estimate of drug-likeness (QED) is 0.814. The number of hydrogen-bond donors (Lipinski definition) is 1. The molecule has 0 bridgehead atoms. The maximum Gasteiger partial charge on any atom is 0.126 e. The first-order valence-corrected chi connectivity index (χ1v) is 7.72. The minimum atomic E-state index is -0.136. The van der Waals surface area contributed by atoms with Crippen LogP contribution in [0.1, 0.15) is 22.7 Å². The van der Waals surface area contributed by atoms with E-state index >= 15 is 0 Å². The van der Waals surface area contributed by atoms with Crippen molar-refractivity contribution >= 4 is 11.8 Å². The first-order valence-electron chi connectivity index (χ1n) is 6.73. The molecule has 0 radical (unpaired) electrons. The van der Waals surface area contributed by atoms with Crippen LogP contribution in [0.4, 0.5) is 4.39 Å². The molecule has 1 unspecified atom stereocenters. The molecule has 0 amide bonds. The summed E-state index contributed by atoms with van der Waals surface area (Å²) in [6.45, 7) is 3.90. The highest BCUT2D eigenvalue weighted by atomic mass is 32.2. The van der Waals surface area contributed by atoms with Crippen molar-refractivity contribution in [3.8, 4) is 0 Å². The first-order chi connectivity index (χ1) is 9.61. The Morgan fingerprint density at radius 3 is 2.50 bits per heavy atom. The van der Waals surface area contributed by atoms with Gasteiger partial charge in [-0.3, -0.25) is 0 Å². The van der Waals surface area contributed by atoms with Crippen molar-refractivity contribution < 1.29 is 4.39 Å². The summed E-state index contributed by atoms with van der Waals surface area (Å²) in [6.07, 6.45) is 0. The fraction of sp³-hybridized carbons (Fsp3) is 0.294. The Balaban J connectivity index is 2.09. The third kappa shape index (κ3) is 3.62. The monoisotopic (exact) mass is 289 g/mol. The zero-order valence-corrected chi connectivity index (χ0v) is 12.9. The van der Waals surface area contributed by atoms with E-state index in [1.54, 1.807) is 24.8 Å². The smallest absolute Gasteiger partial charge is 0.126 e. The second-order valence-corrected chi connectivity index (χ2v) is 5.99. The fourth-order valence-electron chi connectivity index (χ4n) is 2.06. The van der Waals surface area contributed by atoms with Gasteiger partial charge in [0.25, 0.3) is 0 Å². The molecule has 3 heteroatoms. The molecule has 0 aliphatic heterocycles. The number of rotatable bonds is 5. The summed E-state index contributed by atoms with van der Waals surface area (Å²) in [6, 6.07) is 14.0. The summed E-state index contributed by atoms with van der Waals surface area (Å²) in [4.78, 5) is 1.28. The highest BCUT2D eigenvalue weighted by Gasteiger charge is 2.12. The normalized spacial score (nSPS) is 12.4. The van der Waals surface area contributed by atoms with Gasteiger partial charge < -0.3 is 5.32 Å². The van der Waals surface area contributed by atoms with E-state index in [1.165, 1.54) is 10.5 Å². The van der Waals surface area contributed by atoms with E-state index < -0.39 is 0 Å². The molecule has 1 atom stereocenters. The average Bonchev–Trinajstić information content (AvgIpc) is 2.45. The average molecular weight is 289 g/mol. The molecule has 0 saturated carbocycles. The van der Waals surface area contributed by atoms with Gasteiger partial charge in [-0.25, -0.2) is 4.39 Å². The Morgan fingerprint density at radius 2 is 1.85 bits per heavy atom. The molecule has 1 N–H and O–H groups in total. The van der Waals surface area contributed by atoms with Crippen LogP contribution in [0.15, 0.2) is 47.4 Å². The summed E-state index contributed by atoms with van der Waals surface area (Å²) in [5.41, 5.74) is 2.97. The molecule has 2 aromatic carbocycles. The number of aryl methyl sites for hydroxylation is 2. The lowest BCUT2D eigenvalue weighted by Gasteiger charge is -2.17. The highest BCUT2D eigenvalue weighted by molar-refractivity contribution is 7.99. The van der Waals surface area contributed by atoms with E-state index in [0.717, 1.165) is 11.3 Å². The van der Waals surface area contributed by atoms with E-state index in [2.05, 4.69) is 30.4 Å². The van der Waals surface area contributed by atoms with Gasteiger partial charge in [0.15, 0.2) is 0 Å². The van der Waals surface area contributed by atoms with Crippen molar-refractivity contribution in [3.05, 3.63) is 65.0 Å². The van der Waals surface area contributed by atoms with E-state index in [-0.39, 0.29) is 11.9 Å². The Morgan fingerprint density at radius 1 is 1.10 bits per heavy atom. The molecule has 0 aromatic heterocycles. The van der Waals surface area contributed by atoms with Crippen molar-refractivity contribution in [2.75, 3.05) is 12.8 Å². The van der Waals surface area contributed by atoms with Crippen molar-refractivity contribution in [3.63, 3.8) is 0 Å². The molecule has 2 rings (SSSR count). The molecule has 20 heavy (non-hydrogen) atoms. The number of benzene rings is 2. The molecule has 0 saturated heterocycles. The van der Waals surface area contributed by atoms with E-state index in [4.69, 9.17) is 0 Å². The first kappa shape index (κ1) is 15.1. The number of hydrogen-bond acceptors (Lipinski definition) is 2. The molecule has 106 valence electrons. The van der Waals surface area contributed by atoms with Crippen molar-refractivity contribution in [1.82, 2.24) is 5.32 Å². The summed E-state index contributed by atoms with van der Waals surface area (Å²) in [5, 5.41) is 3.27. The van der Waals surface area contributed by atoms with Gasteiger partial charge in [-0.05, 0) is 49.7 Å². The van der Waals surface area contributed by atoms with Gasteiger partial charge in [0.1, 0.15) is 5.82 Å². The predicted molar refractivity (Wildman–Crippen MR) is 84.8 cm³/mol. The number of nitrogens with one attached hydrogen (secondary N) is 1. The molecule has 1 nitrogen and oxygen atoms in total. The zero-order chi connectivity index (χ0) is 14.5. The van der Waals surface area contributed by atoms with Gasteiger partial charge >= 0.3 is 0 Å². The molecule has 0 fully saturated rings. The maximum absolute atomic E-state index is 13.7. The third-order valence-electron chi connectivity index (χ3n) is 3.45. The van der Waals surface area contributed by atoms with Gasteiger partial charge in [-0.15, -0.1) is 11.8 Å². The number of thioether (sulfide) groups is 1. The predicted octanol–water partition coefficient (Wildman–Crippen LogP) is 4.50. The second-order valence-electron chi connectivity index (χ2n) is 4.93. The van der Waals surface area contributed by atoms with Crippen LogP contribution in [0.2, 0.25) is 0 Å². The van der Waals surface area contributed by atoms with Crippen molar-refractivity contribution in [1.29, 1.82) is 0 Å². The lowest BCUT2D eigenvalue weighted by Crippen LogP contribution is -2.19. The summed E-state index contributed by atoms with van der Waals surface area (Å²) >= 11 is 1.80. The van der Waals surface area contributed by atoms with Gasteiger partial charge in [-0.2, -0.15) is 0 Å². The van der Waals surface area contributed by atoms with Crippen LogP contribution in [0.25, 0.3) is 0 Å². The molecule has 0 aliphatic carbocycles. The Kier molecular flexibility index (Phi) is 5.21. The number of halogens is 1. The van der Waals surface area contributed by atoms with Crippen LogP contribution >= 0.6 is 11.8 Å². The molecule has 0 spiro atoms. The lowest BCUT2D eigenvalue weighted by atomic mass is 10.1. The molecular weight excluding hydrogens is 269 g/mol. The van der Waals surface area contributed by atoms with Crippen molar-refractivity contribution in [2.45, 2.75) is 24.8 Å². The molecule has 0 heterocycles. The molecule has 2 aromatic rings. The Labute approximate surface area is 124 Å². The molecular formula is C17H20FNS. The minimum absolute atomic E-state index is 0.136. The van der Waals surface area contributed by atoms with Gasteiger partial charge in [0.2, 0.25) is 0 Å². The van der Waals surface area contributed by atoms with E-state index in [1.807, 2.05) is 25.2 Å². The largest absolute Gasteiger partial charge is 0.312 e. The van der Waals surface area contributed by atoms with Gasteiger partial charge in [0.05, 0.1) is 0 Å². The van der Waals surface area contributed by atoms with Crippen LogP contribution in [-0.2, 0) is 0 Å². The fourth-order valence-corrected chi connectivity index (χ4v) is 3.24. The Hall–Kier alpha value is -1.32. The minimum Gasteiger partial charge on any atom is -0.312 e. The summed E-state index contributed by atoms with van der Waals surface area (Å²) in [5.74, 6) is 0.743. The van der Waals surface area contributed by atoms with Crippen LogP contribution in [0.3, 0.4) is 0 Å².